The van der Waals surface area contributed by atoms with Crippen LogP contribution in [0.1, 0.15) is 15.2 Å². The zero-order chi connectivity index (χ0) is 15.6. The molecule has 1 amide bonds. The minimum absolute atomic E-state index is 0.0317. The van der Waals surface area contributed by atoms with Gasteiger partial charge < -0.3 is 10.6 Å². The number of hydrogen-bond donors (Lipinski definition) is 1. The zero-order valence-electron chi connectivity index (χ0n) is 11.1. The molecular weight excluding hydrogens is 314 g/mol. The minimum atomic E-state index is -0.606. The lowest BCUT2D eigenvalue weighted by Crippen LogP contribution is -2.25. The number of carbonyl (C=O) groups excluding carboxylic acids is 1. The smallest absolute Gasteiger partial charge is 0.292 e. The van der Waals surface area contributed by atoms with Crippen molar-refractivity contribution in [1.29, 1.82) is 0 Å². The quantitative estimate of drug-likeness (QED) is 0.531. The second kappa shape index (κ2) is 6.11. The van der Waals surface area contributed by atoms with Crippen LogP contribution in [-0.4, -0.2) is 22.8 Å². The first kappa shape index (κ1) is 15.3. The maximum absolute atomic E-state index is 12.3. The molecule has 0 aliphatic rings. The van der Waals surface area contributed by atoms with E-state index in [2.05, 4.69) is 0 Å². The second-order valence-electron chi connectivity index (χ2n) is 4.40. The lowest BCUT2D eigenvalue weighted by atomic mass is 10.1. The first-order valence-corrected chi connectivity index (χ1v) is 7.11. The highest BCUT2D eigenvalue weighted by molar-refractivity contribution is 7.16. The lowest BCUT2D eigenvalue weighted by molar-refractivity contribution is -0.383. The summed E-state index contributed by atoms with van der Waals surface area (Å²) < 4.78 is 0.647. The van der Waals surface area contributed by atoms with Crippen molar-refractivity contribution >= 4 is 40.2 Å². The maximum atomic E-state index is 12.3. The molecule has 8 heteroatoms. The molecule has 1 aromatic heterocycles. The number of nitrogens with zero attached hydrogens (tertiary/aromatic N) is 2. The van der Waals surface area contributed by atoms with Crippen molar-refractivity contribution in [3.63, 3.8) is 0 Å². The monoisotopic (exact) mass is 325 g/mol. The third-order valence-corrected chi connectivity index (χ3v) is 4.06. The minimum Gasteiger partial charge on any atom is -0.393 e. The first-order valence-electron chi connectivity index (χ1n) is 5.92. The van der Waals surface area contributed by atoms with Crippen LogP contribution in [0, 0.1) is 10.1 Å². The van der Waals surface area contributed by atoms with Crippen LogP contribution in [0.4, 0.5) is 11.4 Å². The molecule has 0 spiro atoms. The highest BCUT2D eigenvalue weighted by Crippen LogP contribution is 2.25. The molecule has 1 aromatic carbocycles. The van der Waals surface area contributed by atoms with E-state index < -0.39 is 4.92 Å². The van der Waals surface area contributed by atoms with Gasteiger partial charge in [-0.05, 0) is 24.3 Å². The summed E-state index contributed by atoms with van der Waals surface area (Å²) in [6, 6.07) is 7.62. The van der Waals surface area contributed by atoms with Crippen molar-refractivity contribution in [2.45, 2.75) is 6.54 Å². The van der Waals surface area contributed by atoms with E-state index in [1.165, 1.54) is 34.4 Å². The van der Waals surface area contributed by atoms with Crippen molar-refractivity contribution < 1.29 is 9.72 Å². The van der Waals surface area contributed by atoms with Gasteiger partial charge in [-0.25, -0.2) is 0 Å². The van der Waals surface area contributed by atoms with Gasteiger partial charge in [0.2, 0.25) is 0 Å². The number of carbonyl (C=O) groups is 1. The molecule has 110 valence electrons. The molecule has 0 aliphatic heterocycles. The normalized spacial score (nSPS) is 10.4. The van der Waals surface area contributed by atoms with Crippen LogP contribution in [0.3, 0.4) is 0 Å². The van der Waals surface area contributed by atoms with E-state index in [9.17, 15) is 14.9 Å². The summed E-state index contributed by atoms with van der Waals surface area (Å²) >= 11 is 7.22. The lowest BCUT2D eigenvalue weighted by Gasteiger charge is -2.16. The van der Waals surface area contributed by atoms with Gasteiger partial charge in [-0.15, -0.1) is 11.3 Å². The molecule has 0 bridgehead atoms. The van der Waals surface area contributed by atoms with E-state index >= 15 is 0 Å². The molecule has 0 saturated heterocycles. The highest BCUT2D eigenvalue weighted by Gasteiger charge is 2.18. The maximum Gasteiger partial charge on any atom is 0.292 e. The van der Waals surface area contributed by atoms with Gasteiger partial charge in [-0.1, -0.05) is 11.6 Å². The van der Waals surface area contributed by atoms with Crippen molar-refractivity contribution in [2.24, 2.45) is 0 Å². The van der Waals surface area contributed by atoms with Gasteiger partial charge in [-0.3, -0.25) is 14.9 Å². The van der Waals surface area contributed by atoms with Gasteiger partial charge in [0.25, 0.3) is 11.6 Å². The van der Waals surface area contributed by atoms with Crippen LogP contribution in [-0.2, 0) is 6.54 Å². The van der Waals surface area contributed by atoms with E-state index in [0.717, 1.165) is 4.88 Å². The summed E-state index contributed by atoms with van der Waals surface area (Å²) in [6.45, 7) is 0.383. The number of nitrogens with two attached hydrogens (primary N) is 1. The Labute approximate surface area is 129 Å². The number of nitro groups is 1. The predicted molar refractivity (Wildman–Crippen MR) is 82.6 cm³/mol. The molecule has 0 unspecified atom stereocenters. The number of rotatable bonds is 4. The van der Waals surface area contributed by atoms with Crippen molar-refractivity contribution in [1.82, 2.24) is 4.90 Å². The van der Waals surface area contributed by atoms with Crippen LogP contribution in [0.15, 0.2) is 30.3 Å². The number of benzene rings is 1. The average molecular weight is 326 g/mol. The summed E-state index contributed by atoms with van der Waals surface area (Å²) in [5.41, 5.74) is 5.50. The Balaban J connectivity index is 2.19. The molecule has 2 aromatic rings. The van der Waals surface area contributed by atoms with Gasteiger partial charge in [0.05, 0.1) is 15.8 Å². The molecule has 0 atom stereocenters. The van der Waals surface area contributed by atoms with Crippen LogP contribution in [0.2, 0.25) is 4.34 Å². The van der Waals surface area contributed by atoms with E-state index in [4.69, 9.17) is 17.3 Å². The van der Waals surface area contributed by atoms with Crippen LogP contribution in [0.5, 0.6) is 0 Å². The number of anilines is 1. The third-order valence-electron chi connectivity index (χ3n) is 2.84. The van der Waals surface area contributed by atoms with Gasteiger partial charge in [-0.2, -0.15) is 0 Å². The number of amides is 1. The van der Waals surface area contributed by atoms with Crippen molar-refractivity contribution in [2.75, 3.05) is 12.8 Å². The number of hydrogen-bond acceptors (Lipinski definition) is 5. The predicted octanol–water partition coefficient (Wildman–Crippen LogP) is 3.16. The SMILES string of the molecule is CN(Cc1ccc(Cl)s1)C(=O)c1ccc(N)c([N+](=O)[O-])c1. The van der Waals surface area contributed by atoms with E-state index in [1.807, 2.05) is 6.07 Å². The fourth-order valence-corrected chi connectivity index (χ4v) is 2.94. The Morgan fingerprint density at radius 3 is 2.71 bits per heavy atom. The van der Waals surface area contributed by atoms with Crippen molar-refractivity contribution in [3.8, 4) is 0 Å². The summed E-state index contributed by atoms with van der Waals surface area (Å²) in [7, 11) is 1.62. The number of nitro benzene ring substituents is 1. The molecule has 2 rings (SSSR count). The second-order valence-corrected chi connectivity index (χ2v) is 6.20. The van der Waals surface area contributed by atoms with Gasteiger partial charge >= 0.3 is 0 Å². The fraction of sp³-hybridized carbons (Fsp3) is 0.154. The van der Waals surface area contributed by atoms with Gasteiger partial charge in [0, 0.05) is 23.6 Å². The molecule has 0 radical (unpaired) electrons. The Bertz CT molecular complexity index is 702. The Morgan fingerprint density at radius 2 is 2.14 bits per heavy atom. The summed E-state index contributed by atoms with van der Waals surface area (Å²) in [6.07, 6.45) is 0. The fourth-order valence-electron chi connectivity index (χ4n) is 1.80. The number of halogens is 1. The highest BCUT2D eigenvalue weighted by atomic mass is 35.5. The van der Waals surface area contributed by atoms with Gasteiger partial charge in [0.15, 0.2) is 0 Å². The molecule has 2 N–H and O–H groups in total. The first-order chi connectivity index (χ1) is 9.88. The summed E-state index contributed by atoms with van der Waals surface area (Å²) in [4.78, 5) is 24.9. The topological polar surface area (TPSA) is 89.5 Å². The van der Waals surface area contributed by atoms with Crippen LogP contribution >= 0.6 is 22.9 Å². The van der Waals surface area contributed by atoms with Crippen LogP contribution in [0.25, 0.3) is 0 Å². The molecular formula is C13H12ClN3O3S. The number of nitrogen functional groups attached to an aromatic ring is 1. The van der Waals surface area contributed by atoms with Crippen molar-refractivity contribution in [3.05, 3.63) is 55.2 Å². The molecule has 0 fully saturated rings. The Hall–Kier alpha value is -2.12. The van der Waals surface area contributed by atoms with Crippen LogP contribution < -0.4 is 5.73 Å². The largest absolute Gasteiger partial charge is 0.393 e. The molecule has 1 heterocycles. The molecule has 0 aliphatic carbocycles. The zero-order valence-corrected chi connectivity index (χ0v) is 12.6. The average Bonchev–Trinajstić information content (AvgIpc) is 2.83. The number of thiophene rings is 1. The Morgan fingerprint density at radius 1 is 1.43 bits per heavy atom. The van der Waals surface area contributed by atoms with E-state index in [-0.39, 0.29) is 22.8 Å². The van der Waals surface area contributed by atoms with E-state index in [1.54, 1.807) is 13.1 Å². The molecule has 0 saturated carbocycles. The molecule has 21 heavy (non-hydrogen) atoms. The van der Waals surface area contributed by atoms with E-state index in [0.29, 0.717) is 10.9 Å². The summed E-state index contributed by atoms with van der Waals surface area (Å²) in [5, 5.41) is 10.8. The summed E-state index contributed by atoms with van der Waals surface area (Å²) in [5.74, 6) is -0.317. The third kappa shape index (κ3) is 3.50. The van der Waals surface area contributed by atoms with Gasteiger partial charge in [0.1, 0.15) is 5.69 Å². The standard InChI is InChI=1S/C13H12ClN3O3S/c1-16(7-9-3-5-12(14)21-9)13(18)8-2-4-10(15)11(6-8)17(19)20/h2-6H,7,15H2,1H3. The molecule has 6 nitrogen and oxygen atoms in total. The Kier molecular flexibility index (Phi) is 4.44.